The zero-order chi connectivity index (χ0) is 15.0. The van der Waals surface area contributed by atoms with Gasteiger partial charge in [-0.3, -0.25) is 0 Å². The second-order valence-electron chi connectivity index (χ2n) is 4.80. The summed E-state index contributed by atoms with van der Waals surface area (Å²) in [5.74, 6) is 1.53. The average molecular weight is 407 g/mol. The van der Waals surface area contributed by atoms with Crippen LogP contribution in [-0.2, 0) is 0 Å². The first kappa shape index (κ1) is 14.5. The first-order valence-electron chi connectivity index (χ1n) is 6.50. The first-order chi connectivity index (χ1) is 10.1. The summed E-state index contributed by atoms with van der Waals surface area (Å²) < 4.78 is 1.93. The fourth-order valence-electron chi connectivity index (χ4n) is 2.18. The fourth-order valence-corrected chi connectivity index (χ4v) is 3.49. The highest BCUT2D eigenvalue weighted by Gasteiger charge is 2.11. The molecule has 0 saturated carbocycles. The third-order valence-corrected chi connectivity index (χ3v) is 4.33. The number of aryl methyl sites for hydroxylation is 1. The quantitative estimate of drug-likeness (QED) is 0.637. The molecule has 3 rings (SSSR count). The molecule has 0 atom stereocenters. The van der Waals surface area contributed by atoms with Gasteiger partial charge in [-0.1, -0.05) is 45.8 Å². The molecule has 5 heteroatoms. The van der Waals surface area contributed by atoms with E-state index in [1.165, 1.54) is 5.56 Å². The van der Waals surface area contributed by atoms with Gasteiger partial charge in [0.2, 0.25) is 0 Å². The van der Waals surface area contributed by atoms with Gasteiger partial charge in [0.1, 0.15) is 5.82 Å². The summed E-state index contributed by atoms with van der Waals surface area (Å²) >= 11 is 7.09. The van der Waals surface area contributed by atoms with Gasteiger partial charge in [-0.15, -0.1) is 0 Å². The molecule has 0 aliphatic heterocycles. The Morgan fingerprint density at radius 1 is 1.00 bits per heavy atom. The number of hydrogen-bond donors (Lipinski definition) is 1. The number of fused-ring (bicyclic) bond motifs is 1. The molecule has 2 aromatic carbocycles. The van der Waals surface area contributed by atoms with E-state index in [-0.39, 0.29) is 0 Å². The maximum absolute atomic E-state index is 4.71. The number of nitrogens with one attached hydrogen (secondary N) is 1. The molecule has 106 valence electrons. The van der Waals surface area contributed by atoms with Crippen LogP contribution in [0.3, 0.4) is 0 Å². The molecule has 0 fully saturated rings. The zero-order valence-electron chi connectivity index (χ0n) is 11.6. The minimum absolute atomic E-state index is 0.717. The zero-order valence-corrected chi connectivity index (χ0v) is 14.8. The number of hydrogen-bond acceptors (Lipinski definition) is 3. The number of aromatic nitrogens is 2. The summed E-state index contributed by atoms with van der Waals surface area (Å²) in [7, 11) is 1.87. The summed E-state index contributed by atoms with van der Waals surface area (Å²) in [5.41, 5.74) is 3.13. The molecule has 0 saturated heterocycles. The Morgan fingerprint density at radius 3 is 2.38 bits per heavy atom. The summed E-state index contributed by atoms with van der Waals surface area (Å²) in [4.78, 5) is 9.34. The van der Waals surface area contributed by atoms with Gasteiger partial charge in [0.15, 0.2) is 5.82 Å². The molecule has 3 aromatic rings. The van der Waals surface area contributed by atoms with Crippen molar-refractivity contribution in [3.05, 3.63) is 50.9 Å². The van der Waals surface area contributed by atoms with Crippen LogP contribution in [0.25, 0.3) is 22.3 Å². The van der Waals surface area contributed by atoms with Crippen LogP contribution in [-0.4, -0.2) is 17.0 Å². The standard InChI is InChI=1S/C16H13Br2N3/c1-9-3-5-10(6-4-9)15-20-14-12(16(19-2)21-15)7-11(17)8-13(14)18/h3-8H,1-2H3,(H,19,20,21). The van der Waals surface area contributed by atoms with Crippen molar-refractivity contribution in [3.63, 3.8) is 0 Å². The highest BCUT2D eigenvalue weighted by molar-refractivity contribution is 9.11. The van der Waals surface area contributed by atoms with Gasteiger partial charge in [-0.25, -0.2) is 9.97 Å². The van der Waals surface area contributed by atoms with E-state index in [9.17, 15) is 0 Å². The monoisotopic (exact) mass is 405 g/mol. The fraction of sp³-hybridized carbons (Fsp3) is 0.125. The van der Waals surface area contributed by atoms with Gasteiger partial charge in [-0.2, -0.15) is 0 Å². The second kappa shape index (κ2) is 5.73. The smallest absolute Gasteiger partial charge is 0.162 e. The number of halogens is 2. The van der Waals surface area contributed by atoms with E-state index < -0.39 is 0 Å². The van der Waals surface area contributed by atoms with Gasteiger partial charge >= 0.3 is 0 Å². The Labute approximate surface area is 140 Å². The van der Waals surface area contributed by atoms with E-state index in [1.54, 1.807) is 0 Å². The molecule has 1 aromatic heterocycles. The SMILES string of the molecule is CNc1nc(-c2ccc(C)cc2)nc2c(Br)cc(Br)cc12. The van der Waals surface area contributed by atoms with Crippen molar-refractivity contribution in [2.75, 3.05) is 12.4 Å². The van der Waals surface area contributed by atoms with Crippen LogP contribution >= 0.6 is 31.9 Å². The van der Waals surface area contributed by atoms with Crippen molar-refractivity contribution in [1.82, 2.24) is 9.97 Å². The molecule has 0 amide bonds. The molecule has 3 nitrogen and oxygen atoms in total. The van der Waals surface area contributed by atoms with Crippen molar-refractivity contribution >= 4 is 48.6 Å². The molecule has 21 heavy (non-hydrogen) atoms. The average Bonchev–Trinajstić information content (AvgIpc) is 2.47. The lowest BCUT2D eigenvalue weighted by molar-refractivity contribution is 1.21. The summed E-state index contributed by atoms with van der Waals surface area (Å²) in [6, 6.07) is 12.2. The largest absolute Gasteiger partial charge is 0.373 e. The van der Waals surface area contributed by atoms with Gasteiger partial charge < -0.3 is 5.32 Å². The summed E-state index contributed by atoms with van der Waals surface area (Å²) in [6.07, 6.45) is 0. The van der Waals surface area contributed by atoms with Crippen molar-refractivity contribution in [2.45, 2.75) is 6.92 Å². The molecular formula is C16H13Br2N3. The Morgan fingerprint density at radius 2 is 1.71 bits per heavy atom. The first-order valence-corrected chi connectivity index (χ1v) is 8.08. The van der Waals surface area contributed by atoms with Gasteiger partial charge in [0.25, 0.3) is 0 Å². The normalized spacial score (nSPS) is 10.9. The lowest BCUT2D eigenvalue weighted by Gasteiger charge is -2.10. The van der Waals surface area contributed by atoms with Crippen molar-refractivity contribution in [3.8, 4) is 11.4 Å². The second-order valence-corrected chi connectivity index (χ2v) is 6.57. The molecular weight excluding hydrogens is 394 g/mol. The molecule has 0 radical (unpaired) electrons. The predicted molar refractivity (Wildman–Crippen MR) is 94.7 cm³/mol. The van der Waals surface area contributed by atoms with Crippen LogP contribution in [0.4, 0.5) is 5.82 Å². The molecule has 1 N–H and O–H groups in total. The lowest BCUT2D eigenvalue weighted by Crippen LogP contribution is -1.99. The number of nitrogens with zero attached hydrogens (tertiary/aromatic N) is 2. The maximum atomic E-state index is 4.71. The molecule has 0 aliphatic carbocycles. The van der Waals surface area contributed by atoms with E-state index >= 15 is 0 Å². The van der Waals surface area contributed by atoms with Crippen LogP contribution in [0.1, 0.15) is 5.56 Å². The number of anilines is 1. The van der Waals surface area contributed by atoms with Gasteiger partial charge in [-0.05, 0) is 35.0 Å². The Kier molecular flexibility index (Phi) is 3.95. The van der Waals surface area contributed by atoms with Crippen molar-refractivity contribution in [1.29, 1.82) is 0 Å². The van der Waals surface area contributed by atoms with Gasteiger partial charge in [0, 0.05) is 26.9 Å². The van der Waals surface area contributed by atoms with Crippen LogP contribution < -0.4 is 5.32 Å². The minimum Gasteiger partial charge on any atom is -0.373 e. The summed E-state index contributed by atoms with van der Waals surface area (Å²) in [6.45, 7) is 2.07. The highest BCUT2D eigenvalue weighted by Crippen LogP contribution is 2.32. The number of benzene rings is 2. The van der Waals surface area contributed by atoms with E-state index in [2.05, 4.69) is 61.2 Å². The third kappa shape index (κ3) is 2.80. The minimum atomic E-state index is 0.717. The van der Waals surface area contributed by atoms with Crippen molar-refractivity contribution < 1.29 is 0 Å². The third-order valence-electron chi connectivity index (χ3n) is 3.27. The molecule has 0 bridgehead atoms. The van der Waals surface area contributed by atoms with E-state index in [4.69, 9.17) is 4.98 Å². The summed E-state index contributed by atoms with van der Waals surface area (Å²) in [5, 5.41) is 4.13. The lowest BCUT2D eigenvalue weighted by atomic mass is 10.1. The van der Waals surface area contributed by atoms with Crippen LogP contribution in [0.15, 0.2) is 45.3 Å². The number of rotatable bonds is 2. The molecule has 1 heterocycles. The van der Waals surface area contributed by atoms with E-state index in [0.717, 1.165) is 37.1 Å². The van der Waals surface area contributed by atoms with Crippen LogP contribution in [0.5, 0.6) is 0 Å². The van der Waals surface area contributed by atoms with E-state index in [0.29, 0.717) is 0 Å². The van der Waals surface area contributed by atoms with E-state index in [1.807, 2.05) is 31.3 Å². The van der Waals surface area contributed by atoms with Gasteiger partial charge in [0.05, 0.1) is 5.52 Å². The molecule has 0 unspecified atom stereocenters. The van der Waals surface area contributed by atoms with Crippen molar-refractivity contribution in [2.24, 2.45) is 0 Å². The topological polar surface area (TPSA) is 37.8 Å². The Hall–Kier alpha value is -1.46. The Balaban J connectivity index is 2.28. The van der Waals surface area contributed by atoms with Crippen LogP contribution in [0, 0.1) is 6.92 Å². The highest BCUT2D eigenvalue weighted by atomic mass is 79.9. The molecule has 0 aliphatic rings. The maximum Gasteiger partial charge on any atom is 0.162 e. The molecule has 0 spiro atoms. The van der Waals surface area contributed by atoms with Crippen LogP contribution in [0.2, 0.25) is 0 Å². The Bertz CT molecular complexity index is 814. The predicted octanol–water partition coefficient (Wildman–Crippen LogP) is 5.17.